The van der Waals surface area contributed by atoms with Gasteiger partial charge in [0.05, 0.1) is 23.6 Å². The number of ether oxygens (including phenoxy) is 1. The van der Waals surface area contributed by atoms with Gasteiger partial charge in [0.2, 0.25) is 0 Å². The number of piperazine rings is 1. The van der Waals surface area contributed by atoms with E-state index in [1.165, 1.54) is 18.3 Å². The van der Waals surface area contributed by atoms with Gasteiger partial charge in [0.25, 0.3) is 5.91 Å². The first-order chi connectivity index (χ1) is 18.4. The molecular formula is C28H25ClFN5O3. The molecule has 1 aliphatic heterocycles. The molecule has 0 aliphatic carbocycles. The first-order valence-corrected chi connectivity index (χ1v) is 12.6. The molecule has 3 heterocycles. The number of pyridine rings is 1. The number of carbonyl (C=O) groups excluding carboxylic acids is 2. The Balaban J connectivity index is 1.33. The number of aromatic nitrogens is 3. The van der Waals surface area contributed by atoms with Gasteiger partial charge in [-0.15, -0.1) is 0 Å². The summed E-state index contributed by atoms with van der Waals surface area (Å²) in [6.45, 7) is 4.48. The van der Waals surface area contributed by atoms with Crippen LogP contribution in [0.3, 0.4) is 0 Å². The van der Waals surface area contributed by atoms with Gasteiger partial charge >= 0.3 is 5.97 Å². The van der Waals surface area contributed by atoms with E-state index in [-0.39, 0.29) is 18.2 Å². The van der Waals surface area contributed by atoms with E-state index < -0.39 is 11.8 Å². The fraction of sp³-hybridized carbons (Fsp3) is 0.214. The Hall–Kier alpha value is -4.24. The number of anilines is 1. The van der Waals surface area contributed by atoms with Gasteiger partial charge in [0, 0.05) is 43.6 Å². The average Bonchev–Trinajstić information content (AvgIpc) is 3.39. The Labute approximate surface area is 224 Å². The van der Waals surface area contributed by atoms with Crippen molar-refractivity contribution < 1.29 is 18.7 Å². The Kier molecular flexibility index (Phi) is 7.37. The van der Waals surface area contributed by atoms with Crippen LogP contribution in [0.15, 0.2) is 72.9 Å². The summed E-state index contributed by atoms with van der Waals surface area (Å²) < 4.78 is 20.6. The van der Waals surface area contributed by atoms with E-state index in [2.05, 4.69) is 15.0 Å². The minimum atomic E-state index is -0.540. The first kappa shape index (κ1) is 25.4. The molecule has 0 spiro atoms. The summed E-state index contributed by atoms with van der Waals surface area (Å²) in [7, 11) is 0. The number of esters is 1. The molecule has 0 saturated carbocycles. The minimum Gasteiger partial charge on any atom is -0.461 e. The molecule has 2 aromatic carbocycles. The van der Waals surface area contributed by atoms with Crippen LogP contribution in [0.1, 0.15) is 27.8 Å². The molecule has 1 amide bonds. The summed E-state index contributed by atoms with van der Waals surface area (Å²) in [6, 6.07) is 18.8. The molecule has 1 fully saturated rings. The quantitative estimate of drug-likeness (QED) is 0.260. The molecule has 0 atom stereocenters. The van der Waals surface area contributed by atoms with E-state index in [0.717, 1.165) is 11.3 Å². The molecule has 0 N–H and O–H groups in total. The van der Waals surface area contributed by atoms with E-state index in [1.54, 1.807) is 41.9 Å². The molecule has 1 aliphatic rings. The Bertz CT molecular complexity index is 1450. The summed E-state index contributed by atoms with van der Waals surface area (Å²) in [6.07, 6.45) is 1.50. The molecule has 38 heavy (non-hydrogen) atoms. The Morgan fingerprint density at radius 1 is 0.974 bits per heavy atom. The zero-order valence-electron chi connectivity index (χ0n) is 20.7. The molecular weight excluding hydrogens is 509 g/mol. The standard InChI is InChI=1S/C28H25ClFN5O3/c1-2-38-28(37)24-17-25(35(32-24)23-5-3-4-21(30)16-23)19-6-9-22(10-7-19)33-12-14-34(15-13-33)27(36)20-8-11-26(29)31-18-20/h3-11,16-18H,2,12-15H2,1H3. The first-order valence-electron chi connectivity index (χ1n) is 12.2. The van der Waals surface area contributed by atoms with Crippen molar-refractivity contribution in [3.8, 4) is 16.9 Å². The largest absolute Gasteiger partial charge is 0.461 e. The second-order valence-corrected chi connectivity index (χ2v) is 9.11. The molecule has 5 rings (SSSR count). The molecule has 194 valence electrons. The number of amides is 1. The molecule has 10 heteroatoms. The van der Waals surface area contributed by atoms with Crippen molar-refractivity contribution in [2.75, 3.05) is 37.7 Å². The lowest BCUT2D eigenvalue weighted by Gasteiger charge is -2.36. The normalized spacial score (nSPS) is 13.4. The smallest absolute Gasteiger partial charge is 0.358 e. The number of hydrogen-bond acceptors (Lipinski definition) is 6. The third-order valence-corrected chi connectivity index (χ3v) is 6.54. The molecule has 8 nitrogen and oxygen atoms in total. The van der Waals surface area contributed by atoms with Gasteiger partial charge in [-0.3, -0.25) is 4.79 Å². The molecule has 0 bridgehead atoms. The van der Waals surface area contributed by atoms with Crippen LogP contribution in [0.4, 0.5) is 10.1 Å². The zero-order chi connectivity index (χ0) is 26.6. The Morgan fingerprint density at radius 3 is 2.39 bits per heavy atom. The van der Waals surface area contributed by atoms with Crippen LogP contribution in [-0.4, -0.2) is 64.3 Å². The maximum Gasteiger partial charge on any atom is 0.358 e. The van der Waals surface area contributed by atoms with Gasteiger partial charge in [-0.05, 0) is 55.5 Å². The van der Waals surface area contributed by atoms with Crippen molar-refractivity contribution in [2.24, 2.45) is 0 Å². The highest BCUT2D eigenvalue weighted by molar-refractivity contribution is 6.29. The number of carbonyl (C=O) groups is 2. The molecule has 0 unspecified atom stereocenters. The maximum absolute atomic E-state index is 14.0. The third kappa shape index (κ3) is 5.38. The predicted octanol–water partition coefficient (Wildman–Crippen LogP) is 4.87. The average molecular weight is 534 g/mol. The second kappa shape index (κ2) is 11.0. The van der Waals surface area contributed by atoms with Gasteiger partial charge in [0.1, 0.15) is 11.0 Å². The fourth-order valence-corrected chi connectivity index (χ4v) is 4.50. The summed E-state index contributed by atoms with van der Waals surface area (Å²) >= 11 is 5.83. The molecule has 2 aromatic heterocycles. The van der Waals surface area contributed by atoms with Crippen molar-refractivity contribution in [1.29, 1.82) is 0 Å². The molecule has 0 radical (unpaired) electrons. The van der Waals surface area contributed by atoms with E-state index in [1.807, 2.05) is 29.2 Å². The third-order valence-electron chi connectivity index (χ3n) is 6.32. The van der Waals surface area contributed by atoms with Crippen LogP contribution in [0.5, 0.6) is 0 Å². The number of rotatable bonds is 6. The monoisotopic (exact) mass is 533 g/mol. The SMILES string of the molecule is CCOC(=O)c1cc(-c2ccc(N3CCN(C(=O)c4ccc(Cl)nc4)CC3)cc2)n(-c2cccc(F)c2)n1. The Morgan fingerprint density at radius 2 is 1.74 bits per heavy atom. The topological polar surface area (TPSA) is 80.6 Å². The highest BCUT2D eigenvalue weighted by Gasteiger charge is 2.23. The van der Waals surface area contributed by atoms with Crippen LogP contribution < -0.4 is 4.90 Å². The maximum atomic E-state index is 14.0. The number of nitrogens with zero attached hydrogens (tertiary/aromatic N) is 5. The van der Waals surface area contributed by atoms with Crippen molar-refractivity contribution in [1.82, 2.24) is 19.7 Å². The predicted molar refractivity (Wildman–Crippen MR) is 142 cm³/mol. The van der Waals surface area contributed by atoms with Gasteiger partial charge < -0.3 is 14.5 Å². The van der Waals surface area contributed by atoms with Crippen LogP contribution in [-0.2, 0) is 4.74 Å². The van der Waals surface area contributed by atoms with Gasteiger partial charge in [0.15, 0.2) is 5.69 Å². The van der Waals surface area contributed by atoms with Crippen molar-refractivity contribution in [3.63, 3.8) is 0 Å². The lowest BCUT2D eigenvalue weighted by molar-refractivity contribution is 0.0518. The number of hydrogen-bond donors (Lipinski definition) is 0. The van der Waals surface area contributed by atoms with Gasteiger partial charge in [-0.1, -0.05) is 29.8 Å². The van der Waals surface area contributed by atoms with Crippen LogP contribution >= 0.6 is 11.6 Å². The van der Waals surface area contributed by atoms with Gasteiger partial charge in [-0.2, -0.15) is 5.10 Å². The summed E-state index contributed by atoms with van der Waals surface area (Å²) in [4.78, 5) is 33.2. The van der Waals surface area contributed by atoms with Crippen LogP contribution in [0.2, 0.25) is 5.15 Å². The van der Waals surface area contributed by atoms with E-state index in [0.29, 0.717) is 48.3 Å². The lowest BCUT2D eigenvalue weighted by atomic mass is 10.1. The van der Waals surface area contributed by atoms with E-state index >= 15 is 0 Å². The van der Waals surface area contributed by atoms with Gasteiger partial charge in [-0.25, -0.2) is 18.9 Å². The summed E-state index contributed by atoms with van der Waals surface area (Å²) in [5, 5.41) is 4.75. The highest BCUT2D eigenvalue weighted by atomic mass is 35.5. The minimum absolute atomic E-state index is 0.0628. The van der Waals surface area contributed by atoms with Crippen LogP contribution in [0, 0.1) is 5.82 Å². The summed E-state index contributed by atoms with van der Waals surface area (Å²) in [5.41, 5.74) is 3.62. The van der Waals surface area contributed by atoms with Crippen molar-refractivity contribution in [2.45, 2.75) is 6.92 Å². The van der Waals surface area contributed by atoms with Crippen LogP contribution in [0.25, 0.3) is 16.9 Å². The second-order valence-electron chi connectivity index (χ2n) is 8.72. The van der Waals surface area contributed by atoms with E-state index in [4.69, 9.17) is 16.3 Å². The summed E-state index contributed by atoms with van der Waals surface area (Å²) in [5.74, 6) is -1.00. The number of halogens is 2. The van der Waals surface area contributed by atoms with Crippen molar-refractivity contribution >= 4 is 29.2 Å². The molecule has 4 aromatic rings. The number of benzene rings is 2. The van der Waals surface area contributed by atoms with E-state index in [9.17, 15) is 14.0 Å². The molecule has 1 saturated heterocycles. The fourth-order valence-electron chi connectivity index (χ4n) is 4.39. The van der Waals surface area contributed by atoms with Crippen molar-refractivity contribution in [3.05, 3.63) is 95.2 Å². The lowest BCUT2D eigenvalue weighted by Crippen LogP contribution is -2.48. The zero-order valence-corrected chi connectivity index (χ0v) is 21.4. The highest BCUT2D eigenvalue weighted by Crippen LogP contribution is 2.28.